The Morgan fingerprint density at radius 1 is 1.11 bits per heavy atom. The summed E-state index contributed by atoms with van der Waals surface area (Å²) in [6.45, 7) is 3.82. The van der Waals surface area contributed by atoms with E-state index in [1.807, 2.05) is 0 Å². The van der Waals surface area contributed by atoms with Crippen molar-refractivity contribution < 1.29 is 24.2 Å². The van der Waals surface area contributed by atoms with Crippen LogP contribution in [0.25, 0.3) is 0 Å². The topological polar surface area (TPSA) is 72.8 Å². The SMILES string of the molecule is CCOC(=O)C(C(=O)OCC)C1CCCCC1O. The molecule has 0 saturated heterocycles. The maximum atomic E-state index is 11.9. The van der Waals surface area contributed by atoms with E-state index < -0.39 is 24.0 Å². The molecule has 0 radical (unpaired) electrons. The van der Waals surface area contributed by atoms with E-state index in [1.54, 1.807) is 13.8 Å². The molecule has 1 aliphatic carbocycles. The van der Waals surface area contributed by atoms with Gasteiger partial charge in [0.05, 0.1) is 19.3 Å². The zero-order valence-corrected chi connectivity index (χ0v) is 11.1. The number of rotatable bonds is 5. The van der Waals surface area contributed by atoms with E-state index >= 15 is 0 Å². The molecule has 2 atom stereocenters. The molecule has 0 aliphatic heterocycles. The van der Waals surface area contributed by atoms with E-state index in [-0.39, 0.29) is 19.1 Å². The summed E-state index contributed by atoms with van der Waals surface area (Å²) in [6, 6.07) is 0. The van der Waals surface area contributed by atoms with Crippen molar-refractivity contribution in [3.05, 3.63) is 0 Å². The van der Waals surface area contributed by atoms with Crippen LogP contribution in [-0.2, 0) is 19.1 Å². The predicted molar refractivity (Wildman–Crippen MR) is 64.7 cm³/mol. The first kappa shape index (κ1) is 15.0. The molecule has 5 heteroatoms. The number of ether oxygens (including phenoxy) is 2. The van der Waals surface area contributed by atoms with Crippen molar-refractivity contribution in [1.29, 1.82) is 0 Å². The van der Waals surface area contributed by atoms with E-state index in [0.29, 0.717) is 12.8 Å². The van der Waals surface area contributed by atoms with Gasteiger partial charge in [0.15, 0.2) is 5.92 Å². The average Bonchev–Trinajstić information content (AvgIpc) is 2.33. The van der Waals surface area contributed by atoms with Gasteiger partial charge in [0.2, 0.25) is 0 Å². The van der Waals surface area contributed by atoms with Gasteiger partial charge in [-0.15, -0.1) is 0 Å². The number of carbonyl (C=O) groups is 2. The molecule has 5 nitrogen and oxygen atoms in total. The Morgan fingerprint density at radius 3 is 2.06 bits per heavy atom. The number of esters is 2. The minimum atomic E-state index is -0.986. The Balaban J connectivity index is 2.80. The zero-order valence-electron chi connectivity index (χ0n) is 11.1. The van der Waals surface area contributed by atoms with Crippen LogP contribution < -0.4 is 0 Å². The second-order valence-electron chi connectivity index (χ2n) is 4.50. The summed E-state index contributed by atoms with van der Waals surface area (Å²) < 4.78 is 9.84. The molecule has 0 amide bonds. The van der Waals surface area contributed by atoms with Gasteiger partial charge in [0, 0.05) is 5.92 Å². The first-order valence-electron chi connectivity index (χ1n) is 6.63. The van der Waals surface area contributed by atoms with Gasteiger partial charge in [-0.05, 0) is 26.7 Å². The summed E-state index contributed by atoms with van der Waals surface area (Å²) >= 11 is 0. The summed E-state index contributed by atoms with van der Waals surface area (Å²) in [5, 5.41) is 9.96. The maximum absolute atomic E-state index is 11.9. The Morgan fingerprint density at radius 2 is 1.61 bits per heavy atom. The van der Waals surface area contributed by atoms with Crippen LogP contribution in [-0.4, -0.2) is 36.4 Å². The molecule has 0 spiro atoms. The molecule has 0 aromatic heterocycles. The van der Waals surface area contributed by atoms with Crippen LogP contribution in [0.5, 0.6) is 0 Å². The van der Waals surface area contributed by atoms with Gasteiger partial charge in [-0.25, -0.2) is 0 Å². The van der Waals surface area contributed by atoms with Crippen molar-refractivity contribution in [2.45, 2.75) is 45.6 Å². The van der Waals surface area contributed by atoms with Crippen LogP contribution in [0.1, 0.15) is 39.5 Å². The van der Waals surface area contributed by atoms with E-state index in [1.165, 1.54) is 0 Å². The Hall–Kier alpha value is -1.10. The lowest BCUT2D eigenvalue weighted by atomic mass is 9.78. The third kappa shape index (κ3) is 3.70. The van der Waals surface area contributed by atoms with Crippen molar-refractivity contribution >= 4 is 11.9 Å². The van der Waals surface area contributed by atoms with Crippen LogP contribution in [0.3, 0.4) is 0 Å². The molecule has 0 aromatic rings. The molecule has 18 heavy (non-hydrogen) atoms. The summed E-state index contributed by atoms with van der Waals surface area (Å²) in [5.74, 6) is -2.53. The van der Waals surface area contributed by atoms with E-state index in [9.17, 15) is 14.7 Å². The molecule has 1 N–H and O–H groups in total. The minimum Gasteiger partial charge on any atom is -0.465 e. The second kappa shape index (κ2) is 7.36. The lowest BCUT2D eigenvalue weighted by Crippen LogP contribution is -2.41. The van der Waals surface area contributed by atoms with Gasteiger partial charge in [-0.3, -0.25) is 9.59 Å². The van der Waals surface area contributed by atoms with Crippen LogP contribution in [0.15, 0.2) is 0 Å². The maximum Gasteiger partial charge on any atom is 0.320 e. The molecule has 104 valence electrons. The fraction of sp³-hybridized carbons (Fsp3) is 0.846. The molecule has 1 rings (SSSR count). The van der Waals surface area contributed by atoms with Gasteiger partial charge in [0.1, 0.15) is 0 Å². The molecule has 0 aromatic carbocycles. The van der Waals surface area contributed by atoms with Gasteiger partial charge < -0.3 is 14.6 Å². The quantitative estimate of drug-likeness (QED) is 0.594. The van der Waals surface area contributed by atoms with Gasteiger partial charge >= 0.3 is 11.9 Å². The van der Waals surface area contributed by atoms with Crippen molar-refractivity contribution in [3.63, 3.8) is 0 Å². The van der Waals surface area contributed by atoms with E-state index in [0.717, 1.165) is 12.8 Å². The summed E-state index contributed by atoms with van der Waals surface area (Å²) in [7, 11) is 0. The Kier molecular flexibility index (Phi) is 6.12. The summed E-state index contributed by atoms with van der Waals surface area (Å²) in [5.41, 5.74) is 0. The first-order valence-corrected chi connectivity index (χ1v) is 6.63. The lowest BCUT2D eigenvalue weighted by molar-refractivity contribution is -0.168. The largest absolute Gasteiger partial charge is 0.465 e. The van der Waals surface area contributed by atoms with Crippen molar-refractivity contribution in [3.8, 4) is 0 Å². The van der Waals surface area contributed by atoms with Gasteiger partial charge in [-0.1, -0.05) is 12.8 Å². The lowest BCUT2D eigenvalue weighted by Gasteiger charge is -2.31. The number of hydrogen-bond acceptors (Lipinski definition) is 5. The van der Waals surface area contributed by atoms with Crippen LogP contribution in [0.4, 0.5) is 0 Å². The summed E-state index contributed by atoms with van der Waals surface area (Å²) in [4.78, 5) is 23.7. The number of hydrogen-bond donors (Lipinski definition) is 1. The fourth-order valence-corrected chi connectivity index (χ4v) is 2.44. The Bertz CT molecular complexity index is 271. The van der Waals surface area contributed by atoms with Crippen molar-refractivity contribution in [1.82, 2.24) is 0 Å². The highest BCUT2D eigenvalue weighted by molar-refractivity contribution is 5.95. The first-order chi connectivity index (χ1) is 8.61. The Labute approximate surface area is 107 Å². The van der Waals surface area contributed by atoms with Crippen LogP contribution in [0.2, 0.25) is 0 Å². The minimum absolute atomic E-state index is 0.220. The highest BCUT2D eigenvalue weighted by Crippen LogP contribution is 2.32. The van der Waals surface area contributed by atoms with Crippen molar-refractivity contribution in [2.24, 2.45) is 11.8 Å². The molecule has 0 heterocycles. The number of carbonyl (C=O) groups excluding carboxylic acids is 2. The molecule has 1 fully saturated rings. The van der Waals surface area contributed by atoms with E-state index in [4.69, 9.17) is 9.47 Å². The number of aliphatic hydroxyl groups excluding tert-OH is 1. The average molecular weight is 258 g/mol. The highest BCUT2D eigenvalue weighted by atomic mass is 16.6. The highest BCUT2D eigenvalue weighted by Gasteiger charge is 2.41. The van der Waals surface area contributed by atoms with Gasteiger partial charge in [0.25, 0.3) is 0 Å². The molecule has 0 bridgehead atoms. The third-order valence-corrected chi connectivity index (χ3v) is 3.29. The summed E-state index contributed by atoms with van der Waals surface area (Å²) in [6.07, 6.45) is 2.49. The molecule has 2 unspecified atom stereocenters. The fourth-order valence-electron chi connectivity index (χ4n) is 2.44. The predicted octanol–water partition coefficient (Wildman–Crippen LogP) is 1.28. The zero-order chi connectivity index (χ0) is 13.5. The smallest absolute Gasteiger partial charge is 0.320 e. The molecule has 1 aliphatic rings. The third-order valence-electron chi connectivity index (χ3n) is 3.29. The standard InChI is InChI=1S/C13H22O5/c1-3-17-12(15)11(13(16)18-4-2)9-7-5-6-8-10(9)14/h9-11,14H,3-8H2,1-2H3. The van der Waals surface area contributed by atoms with Crippen LogP contribution in [0, 0.1) is 11.8 Å². The molecular weight excluding hydrogens is 236 g/mol. The van der Waals surface area contributed by atoms with Crippen molar-refractivity contribution in [2.75, 3.05) is 13.2 Å². The monoisotopic (exact) mass is 258 g/mol. The van der Waals surface area contributed by atoms with Crippen LogP contribution >= 0.6 is 0 Å². The molecule has 1 saturated carbocycles. The van der Waals surface area contributed by atoms with E-state index in [2.05, 4.69) is 0 Å². The second-order valence-corrected chi connectivity index (χ2v) is 4.50. The normalized spacial score (nSPS) is 23.8. The van der Waals surface area contributed by atoms with Gasteiger partial charge in [-0.2, -0.15) is 0 Å². The number of aliphatic hydroxyl groups is 1. The molecular formula is C13H22O5.